The van der Waals surface area contributed by atoms with Gasteiger partial charge in [-0.3, -0.25) is 9.59 Å². The molecule has 18 heavy (non-hydrogen) atoms. The number of aromatic nitrogens is 4. The third-order valence-electron chi connectivity index (χ3n) is 2.24. The Kier molecular flexibility index (Phi) is 3.13. The molecule has 2 aromatic rings. The Balaban J connectivity index is 2.23. The molecule has 0 saturated carbocycles. The second-order valence-corrected chi connectivity index (χ2v) is 3.79. The Morgan fingerprint density at radius 1 is 1.28 bits per heavy atom. The number of rotatable bonds is 4. The minimum Gasteiger partial charge on any atom is -0.366 e. The van der Waals surface area contributed by atoms with E-state index in [4.69, 9.17) is 5.73 Å². The van der Waals surface area contributed by atoms with Crippen LogP contribution in [0.4, 0.5) is 0 Å². The van der Waals surface area contributed by atoms with E-state index in [9.17, 15) is 9.59 Å². The highest BCUT2D eigenvalue weighted by Gasteiger charge is 2.08. The standard InChI is InChI=1S/C11H11N5O2/c1-7(17)6-16-14-11(13-15-16)9-4-2-8(3-5-9)10(12)18/h2-5H,6H2,1H3,(H2,12,18). The molecule has 0 aliphatic heterocycles. The van der Waals surface area contributed by atoms with Gasteiger partial charge in [0.25, 0.3) is 0 Å². The summed E-state index contributed by atoms with van der Waals surface area (Å²) >= 11 is 0. The van der Waals surface area contributed by atoms with E-state index in [1.54, 1.807) is 24.3 Å². The van der Waals surface area contributed by atoms with Crippen LogP contribution in [0.1, 0.15) is 17.3 Å². The second-order valence-electron chi connectivity index (χ2n) is 3.79. The lowest BCUT2D eigenvalue weighted by atomic mass is 10.1. The number of primary amides is 1. The molecule has 0 aliphatic carbocycles. The normalized spacial score (nSPS) is 10.3. The summed E-state index contributed by atoms with van der Waals surface area (Å²) < 4.78 is 0. The number of carbonyl (C=O) groups excluding carboxylic acids is 2. The van der Waals surface area contributed by atoms with Gasteiger partial charge in [0.05, 0.1) is 0 Å². The van der Waals surface area contributed by atoms with Gasteiger partial charge in [-0.05, 0) is 24.3 Å². The molecule has 0 saturated heterocycles. The molecule has 7 heteroatoms. The Hall–Kier alpha value is -2.57. The summed E-state index contributed by atoms with van der Waals surface area (Å²) in [6.07, 6.45) is 0. The van der Waals surface area contributed by atoms with Crippen LogP contribution in [-0.2, 0) is 11.3 Å². The van der Waals surface area contributed by atoms with E-state index in [0.29, 0.717) is 17.0 Å². The van der Waals surface area contributed by atoms with Gasteiger partial charge in [0.1, 0.15) is 6.54 Å². The molecule has 92 valence electrons. The molecular formula is C11H11N5O2. The van der Waals surface area contributed by atoms with Gasteiger partial charge in [-0.2, -0.15) is 4.80 Å². The number of nitrogens with two attached hydrogens (primary N) is 1. The van der Waals surface area contributed by atoms with Crippen LogP contribution in [0.5, 0.6) is 0 Å². The number of benzene rings is 1. The molecule has 1 aromatic heterocycles. The average molecular weight is 245 g/mol. The zero-order valence-electron chi connectivity index (χ0n) is 9.70. The summed E-state index contributed by atoms with van der Waals surface area (Å²) in [5.41, 5.74) is 6.25. The quantitative estimate of drug-likeness (QED) is 0.818. The molecule has 0 unspecified atom stereocenters. The van der Waals surface area contributed by atoms with Gasteiger partial charge < -0.3 is 5.73 Å². The first-order valence-electron chi connectivity index (χ1n) is 5.24. The Labute approximate surface area is 103 Å². The fourth-order valence-electron chi connectivity index (χ4n) is 1.41. The van der Waals surface area contributed by atoms with Crippen LogP contribution in [-0.4, -0.2) is 31.9 Å². The summed E-state index contributed by atoms with van der Waals surface area (Å²) in [5.74, 6) is -0.148. The smallest absolute Gasteiger partial charge is 0.248 e. The van der Waals surface area contributed by atoms with E-state index in [2.05, 4.69) is 15.4 Å². The fourth-order valence-corrected chi connectivity index (χ4v) is 1.41. The Morgan fingerprint density at radius 3 is 2.50 bits per heavy atom. The zero-order chi connectivity index (χ0) is 13.1. The van der Waals surface area contributed by atoms with Crippen molar-refractivity contribution in [1.82, 2.24) is 20.2 Å². The molecule has 0 atom stereocenters. The molecule has 0 bridgehead atoms. The van der Waals surface area contributed by atoms with Crippen LogP contribution in [0.15, 0.2) is 24.3 Å². The van der Waals surface area contributed by atoms with Gasteiger partial charge in [0.15, 0.2) is 5.78 Å². The molecular weight excluding hydrogens is 234 g/mol. The van der Waals surface area contributed by atoms with Crippen LogP contribution in [0, 0.1) is 0 Å². The van der Waals surface area contributed by atoms with Crippen molar-refractivity contribution in [2.45, 2.75) is 13.5 Å². The number of tetrazole rings is 1. The van der Waals surface area contributed by atoms with Crippen molar-refractivity contribution in [3.63, 3.8) is 0 Å². The lowest BCUT2D eigenvalue weighted by molar-refractivity contribution is -0.117. The highest BCUT2D eigenvalue weighted by molar-refractivity contribution is 5.93. The van der Waals surface area contributed by atoms with Gasteiger partial charge in [0, 0.05) is 11.1 Å². The number of hydrogen-bond acceptors (Lipinski definition) is 5. The Bertz CT molecular complexity index is 588. The summed E-state index contributed by atoms with van der Waals surface area (Å²) in [5, 5.41) is 11.6. The first kappa shape index (κ1) is 11.9. The molecule has 0 aliphatic rings. The lowest BCUT2D eigenvalue weighted by Gasteiger charge is -1.97. The van der Waals surface area contributed by atoms with Gasteiger partial charge in [-0.15, -0.1) is 10.2 Å². The van der Waals surface area contributed by atoms with E-state index in [1.807, 2.05) is 0 Å². The molecule has 0 spiro atoms. The lowest BCUT2D eigenvalue weighted by Crippen LogP contribution is -2.10. The van der Waals surface area contributed by atoms with E-state index < -0.39 is 5.91 Å². The van der Waals surface area contributed by atoms with Crippen molar-refractivity contribution < 1.29 is 9.59 Å². The molecule has 2 N–H and O–H groups in total. The van der Waals surface area contributed by atoms with Crippen LogP contribution in [0.2, 0.25) is 0 Å². The number of Topliss-reactive ketones (excluding diaryl/α,β-unsaturated/α-hetero) is 1. The molecule has 1 aromatic carbocycles. The minimum absolute atomic E-state index is 0.0528. The molecule has 2 rings (SSSR count). The third-order valence-corrected chi connectivity index (χ3v) is 2.24. The van der Waals surface area contributed by atoms with E-state index in [1.165, 1.54) is 11.7 Å². The number of nitrogens with zero attached hydrogens (tertiary/aromatic N) is 4. The molecule has 7 nitrogen and oxygen atoms in total. The summed E-state index contributed by atoms with van der Waals surface area (Å²) in [7, 11) is 0. The van der Waals surface area contributed by atoms with Crippen molar-refractivity contribution in [2.24, 2.45) is 5.73 Å². The maximum Gasteiger partial charge on any atom is 0.248 e. The van der Waals surface area contributed by atoms with E-state index in [-0.39, 0.29) is 12.3 Å². The first-order chi connectivity index (χ1) is 8.56. The van der Waals surface area contributed by atoms with Crippen LogP contribution in [0.25, 0.3) is 11.4 Å². The summed E-state index contributed by atoms with van der Waals surface area (Å²) in [6, 6.07) is 6.52. The summed E-state index contributed by atoms with van der Waals surface area (Å²) in [4.78, 5) is 23.0. The van der Waals surface area contributed by atoms with Gasteiger partial charge in [-0.25, -0.2) is 0 Å². The topological polar surface area (TPSA) is 104 Å². The maximum absolute atomic E-state index is 10.9. The summed E-state index contributed by atoms with van der Waals surface area (Å²) in [6.45, 7) is 1.54. The molecule has 1 amide bonds. The van der Waals surface area contributed by atoms with Crippen LogP contribution >= 0.6 is 0 Å². The van der Waals surface area contributed by atoms with Gasteiger partial charge >= 0.3 is 0 Å². The number of hydrogen-bond donors (Lipinski definition) is 1. The van der Waals surface area contributed by atoms with Crippen LogP contribution in [0.3, 0.4) is 0 Å². The fraction of sp³-hybridized carbons (Fsp3) is 0.182. The predicted molar refractivity (Wildman–Crippen MR) is 62.5 cm³/mol. The maximum atomic E-state index is 10.9. The molecule has 0 radical (unpaired) electrons. The highest BCUT2D eigenvalue weighted by atomic mass is 16.1. The van der Waals surface area contributed by atoms with E-state index in [0.717, 1.165) is 0 Å². The first-order valence-corrected chi connectivity index (χ1v) is 5.24. The van der Waals surface area contributed by atoms with Crippen molar-refractivity contribution >= 4 is 11.7 Å². The largest absolute Gasteiger partial charge is 0.366 e. The third kappa shape index (κ3) is 2.57. The van der Waals surface area contributed by atoms with Crippen LogP contribution < -0.4 is 5.73 Å². The Morgan fingerprint density at radius 2 is 1.94 bits per heavy atom. The molecule has 0 fully saturated rings. The number of ketones is 1. The highest BCUT2D eigenvalue weighted by Crippen LogP contribution is 2.14. The van der Waals surface area contributed by atoms with Gasteiger partial charge in [-0.1, -0.05) is 12.1 Å². The molecule has 1 heterocycles. The monoisotopic (exact) mass is 245 g/mol. The second kappa shape index (κ2) is 4.74. The van der Waals surface area contributed by atoms with Crippen molar-refractivity contribution in [2.75, 3.05) is 0 Å². The van der Waals surface area contributed by atoms with Gasteiger partial charge in [0.2, 0.25) is 11.7 Å². The number of carbonyl (C=O) groups is 2. The zero-order valence-corrected chi connectivity index (χ0v) is 9.70. The average Bonchev–Trinajstić information content (AvgIpc) is 2.76. The number of amides is 1. The van der Waals surface area contributed by atoms with Crippen molar-refractivity contribution in [3.8, 4) is 11.4 Å². The SMILES string of the molecule is CC(=O)Cn1nnc(-c2ccc(C(N)=O)cc2)n1. The predicted octanol–water partition coefficient (Wildman–Crippen LogP) is 0.0280. The minimum atomic E-state index is -0.491. The van der Waals surface area contributed by atoms with E-state index >= 15 is 0 Å². The van der Waals surface area contributed by atoms with Crippen molar-refractivity contribution in [1.29, 1.82) is 0 Å². The van der Waals surface area contributed by atoms with Crippen molar-refractivity contribution in [3.05, 3.63) is 29.8 Å².